The second-order valence-electron chi connectivity index (χ2n) is 9.32. The molecule has 6 heteroatoms. The second kappa shape index (κ2) is 6.75. The molecule has 0 nitrogen and oxygen atoms in total. The van der Waals surface area contributed by atoms with Crippen molar-refractivity contribution in [3.05, 3.63) is 34.9 Å². The first-order chi connectivity index (χ1) is 11.3. The molecular formula is C20H28F6. The number of hydrogen-bond acceptors (Lipinski definition) is 0. The van der Waals surface area contributed by atoms with Crippen LogP contribution in [0.4, 0.5) is 26.3 Å². The first-order valence-corrected chi connectivity index (χ1v) is 8.54. The van der Waals surface area contributed by atoms with Gasteiger partial charge in [0, 0.05) is 0 Å². The van der Waals surface area contributed by atoms with Crippen LogP contribution in [0, 0.1) is 10.8 Å². The Kier molecular flexibility index (Phi) is 5.93. The molecule has 0 heterocycles. The molecule has 0 bridgehead atoms. The van der Waals surface area contributed by atoms with Gasteiger partial charge in [0.25, 0.3) is 0 Å². The highest BCUT2D eigenvalue weighted by Crippen LogP contribution is 2.45. The Hall–Kier alpha value is -1.20. The van der Waals surface area contributed by atoms with E-state index in [1.54, 1.807) is 18.2 Å². The van der Waals surface area contributed by atoms with Crippen molar-refractivity contribution in [3.63, 3.8) is 0 Å². The van der Waals surface area contributed by atoms with E-state index >= 15 is 0 Å². The maximum Gasteiger partial charge on any atom is 0.394 e. The topological polar surface area (TPSA) is 0 Å². The van der Waals surface area contributed by atoms with Crippen molar-refractivity contribution >= 4 is 0 Å². The summed E-state index contributed by atoms with van der Waals surface area (Å²) < 4.78 is 80.0. The molecule has 1 rings (SSSR count). The first kappa shape index (κ1) is 22.8. The van der Waals surface area contributed by atoms with Crippen molar-refractivity contribution in [1.82, 2.24) is 0 Å². The van der Waals surface area contributed by atoms with Gasteiger partial charge in [-0.25, -0.2) is 0 Å². The maximum absolute atomic E-state index is 13.3. The third-order valence-electron chi connectivity index (χ3n) is 4.79. The Morgan fingerprint density at radius 2 is 0.923 bits per heavy atom. The van der Waals surface area contributed by atoms with Crippen LogP contribution in [0.1, 0.15) is 65.2 Å². The predicted molar refractivity (Wildman–Crippen MR) is 92.2 cm³/mol. The summed E-state index contributed by atoms with van der Waals surface area (Å²) in [5.74, 6) is 0. The van der Waals surface area contributed by atoms with Crippen molar-refractivity contribution in [1.29, 1.82) is 0 Å². The monoisotopic (exact) mass is 382 g/mol. The fourth-order valence-corrected chi connectivity index (χ4v) is 3.06. The largest absolute Gasteiger partial charge is 0.394 e. The van der Waals surface area contributed by atoms with Gasteiger partial charge >= 0.3 is 12.4 Å². The third kappa shape index (κ3) is 4.95. The van der Waals surface area contributed by atoms with Crippen molar-refractivity contribution < 1.29 is 26.3 Å². The van der Waals surface area contributed by atoms with Gasteiger partial charge in [0.1, 0.15) is 0 Å². The highest BCUT2D eigenvalue weighted by atomic mass is 19.4. The molecule has 0 radical (unpaired) electrons. The van der Waals surface area contributed by atoms with Crippen LogP contribution in [-0.2, 0) is 18.3 Å². The summed E-state index contributed by atoms with van der Waals surface area (Å²) >= 11 is 0. The standard InChI is InChI=1S/C20H28F6/c1-16(2,3)15-13(11-17(4,5)19(21,22)23)9-8-10-14(15)12-18(6,7)20(24,25)26/h8-10H,11-12H2,1-7H3. The summed E-state index contributed by atoms with van der Waals surface area (Å²) in [7, 11) is 0. The van der Waals surface area contributed by atoms with Crippen LogP contribution in [0.3, 0.4) is 0 Å². The van der Waals surface area contributed by atoms with Crippen LogP contribution in [0.25, 0.3) is 0 Å². The summed E-state index contributed by atoms with van der Waals surface area (Å²) in [6, 6.07) is 4.75. The van der Waals surface area contributed by atoms with Gasteiger partial charge in [-0.2, -0.15) is 26.3 Å². The molecule has 1 aromatic carbocycles. The van der Waals surface area contributed by atoms with E-state index in [2.05, 4.69) is 0 Å². The number of rotatable bonds is 4. The summed E-state index contributed by atoms with van der Waals surface area (Å²) in [5, 5.41) is 0. The minimum absolute atomic E-state index is 0.274. The third-order valence-corrected chi connectivity index (χ3v) is 4.79. The average molecular weight is 382 g/mol. The molecule has 0 fully saturated rings. The highest BCUT2D eigenvalue weighted by Gasteiger charge is 2.49. The fourth-order valence-electron chi connectivity index (χ4n) is 3.06. The zero-order valence-corrected chi connectivity index (χ0v) is 16.4. The van der Waals surface area contributed by atoms with Gasteiger partial charge in [0.2, 0.25) is 0 Å². The van der Waals surface area contributed by atoms with Gasteiger partial charge in [0.05, 0.1) is 10.8 Å². The van der Waals surface area contributed by atoms with Gasteiger partial charge in [0.15, 0.2) is 0 Å². The molecule has 1 aromatic rings. The molecule has 150 valence electrons. The van der Waals surface area contributed by atoms with E-state index in [1.165, 1.54) is 0 Å². The average Bonchev–Trinajstić information content (AvgIpc) is 2.33. The summed E-state index contributed by atoms with van der Waals surface area (Å²) in [4.78, 5) is 0. The van der Waals surface area contributed by atoms with Gasteiger partial charge in [-0.3, -0.25) is 0 Å². The highest BCUT2D eigenvalue weighted by molar-refractivity contribution is 5.41. The van der Waals surface area contributed by atoms with E-state index in [4.69, 9.17) is 0 Å². The molecule has 0 saturated carbocycles. The zero-order valence-electron chi connectivity index (χ0n) is 16.4. The Morgan fingerprint density at radius 1 is 0.615 bits per heavy atom. The molecule has 0 saturated heterocycles. The van der Waals surface area contributed by atoms with E-state index in [9.17, 15) is 26.3 Å². The van der Waals surface area contributed by atoms with Crippen molar-refractivity contribution in [2.45, 2.75) is 79.1 Å². The maximum atomic E-state index is 13.3. The molecule has 0 aliphatic carbocycles. The normalized spacial score (nSPS) is 14.7. The smallest absolute Gasteiger partial charge is 0.171 e. The Balaban J connectivity index is 3.49. The Labute approximate surface area is 152 Å². The van der Waals surface area contributed by atoms with Crippen LogP contribution in [-0.4, -0.2) is 12.4 Å². The SMILES string of the molecule is CC(C)(C)c1c(CC(C)(C)C(F)(F)F)cccc1CC(C)(C)C(F)(F)F. The number of hydrogen-bond donors (Lipinski definition) is 0. The van der Waals surface area contributed by atoms with Crippen LogP contribution in [0.15, 0.2) is 18.2 Å². The van der Waals surface area contributed by atoms with Crippen molar-refractivity contribution in [2.75, 3.05) is 0 Å². The molecule has 0 spiro atoms. The fraction of sp³-hybridized carbons (Fsp3) is 0.700. The second-order valence-corrected chi connectivity index (χ2v) is 9.32. The molecular weight excluding hydrogens is 354 g/mol. The lowest BCUT2D eigenvalue weighted by molar-refractivity contribution is -0.211. The molecule has 0 N–H and O–H groups in total. The summed E-state index contributed by atoms with van der Waals surface area (Å²) in [6.07, 6.45) is -9.35. The number of benzene rings is 1. The lowest BCUT2D eigenvalue weighted by atomic mass is 9.72. The van der Waals surface area contributed by atoms with Crippen LogP contribution >= 0.6 is 0 Å². The van der Waals surface area contributed by atoms with Gasteiger partial charge < -0.3 is 0 Å². The quantitative estimate of drug-likeness (QED) is 0.481. The van der Waals surface area contributed by atoms with Gasteiger partial charge in [-0.05, 0) is 34.9 Å². The van der Waals surface area contributed by atoms with Gasteiger partial charge in [-0.15, -0.1) is 0 Å². The molecule has 0 atom stereocenters. The minimum atomic E-state index is -4.40. The van der Waals surface area contributed by atoms with E-state index in [0.717, 1.165) is 27.7 Å². The van der Waals surface area contributed by atoms with Crippen molar-refractivity contribution in [2.24, 2.45) is 10.8 Å². The van der Waals surface area contributed by atoms with Crippen LogP contribution < -0.4 is 0 Å². The molecule has 0 aliphatic rings. The molecule has 0 aromatic heterocycles. The Bertz CT molecular complexity index is 581. The number of alkyl halides is 6. The predicted octanol–water partition coefficient (Wildman–Crippen LogP) is 7.25. The van der Waals surface area contributed by atoms with Crippen LogP contribution in [0.5, 0.6) is 0 Å². The van der Waals surface area contributed by atoms with Crippen molar-refractivity contribution in [3.8, 4) is 0 Å². The van der Waals surface area contributed by atoms with Gasteiger partial charge in [-0.1, -0.05) is 66.7 Å². The Morgan fingerprint density at radius 3 is 1.15 bits per heavy atom. The molecule has 0 amide bonds. The zero-order chi connectivity index (χ0) is 20.8. The molecule has 0 aliphatic heterocycles. The van der Waals surface area contributed by atoms with E-state index in [0.29, 0.717) is 16.7 Å². The number of halogens is 6. The lowest BCUT2D eigenvalue weighted by Crippen LogP contribution is -2.36. The van der Waals surface area contributed by atoms with E-state index in [1.807, 2.05) is 20.8 Å². The molecule has 26 heavy (non-hydrogen) atoms. The lowest BCUT2D eigenvalue weighted by Gasteiger charge is -2.35. The van der Waals surface area contributed by atoms with Crippen LogP contribution in [0.2, 0.25) is 0 Å². The van der Waals surface area contributed by atoms with E-state index in [-0.39, 0.29) is 12.8 Å². The first-order valence-electron chi connectivity index (χ1n) is 8.54. The minimum Gasteiger partial charge on any atom is -0.171 e. The summed E-state index contributed by atoms with van der Waals surface area (Å²) in [6.45, 7) is 9.92. The molecule has 0 unspecified atom stereocenters. The van der Waals surface area contributed by atoms with E-state index < -0.39 is 28.6 Å². The summed E-state index contributed by atoms with van der Waals surface area (Å²) in [5.41, 5.74) is -3.02.